The van der Waals surface area contributed by atoms with Crippen molar-refractivity contribution in [1.29, 1.82) is 0 Å². The Morgan fingerprint density at radius 2 is 2.50 bits per heavy atom. The highest BCUT2D eigenvalue weighted by atomic mass is 16.1. The monoisotopic (exact) mass is 137 g/mol. The van der Waals surface area contributed by atoms with Gasteiger partial charge in [-0.15, -0.1) is 0 Å². The van der Waals surface area contributed by atoms with Gasteiger partial charge in [0.05, 0.1) is 0 Å². The third kappa shape index (κ3) is 0.725. The van der Waals surface area contributed by atoms with Crippen LogP contribution in [0.3, 0.4) is 0 Å². The van der Waals surface area contributed by atoms with E-state index < -0.39 is 0 Å². The topological polar surface area (TPSA) is 47.8 Å². The molecule has 1 aromatic rings. The first kappa shape index (κ1) is 5.58. The number of nitrogens with zero attached hydrogens (tertiary/aromatic N) is 3. The van der Waals surface area contributed by atoms with E-state index in [4.69, 9.17) is 0 Å². The third-order valence-electron chi connectivity index (χ3n) is 1.66. The van der Waals surface area contributed by atoms with E-state index in [0.29, 0.717) is 0 Å². The zero-order valence-electron chi connectivity index (χ0n) is 5.45. The van der Waals surface area contributed by atoms with Crippen molar-refractivity contribution >= 4 is 0 Å². The highest BCUT2D eigenvalue weighted by Crippen LogP contribution is 2.07. The second kappa shape index (κ2) is 1.90. The fraction of sp³-hybridized carbons (Fsp3) is 0.500. The molecule has 4 heteroatoms. The molecule has 0 radical (unpaired) electrons. The number of aryl methyl sites for hydroxylation is 2. The van der Waals surface area contributed by atoms with Crippen LogP contribution in [0.15, 0.2) is 11.1 Å². The summed E-state index contributed by atoms with van der Waals surface area (Å²) in [5.74, 6) is 0.875. The second-order valence-electron chi connectivity index (χ2n) is 2.35. The maximum atomic E-state index is 10.6. The van der Waals surface area contributed by atoms with Gasteiger partial charge in [-0.3, -0.25) is 0 Å². The Labute approximate surface area is 57.6 Å². The quantitative estimate of drug-likeness (QED) is 0.488. The van der Waals surface area contributed by atoms with Crippen LogP contribution in [0.2, 0.25) is 0 Å². The van der Waals surface area contributed by atoms with Crippen molar-refractivity contribution in [2.24, 2.45) is 0 Å². The minimum atomic E-state index is -0.367. The zero-order valence-corrected chi connectivity index (χ0v) is 5.45. The van der Waals surface area contributed by atoms with Crippen molar-refractivity contribution in [2.45, 2.75) is 19.4 Å². The second-order valence-corrected chi connectivity index (χ2v) is 2.35. The van der Waals surface area contributed by atoms with Gasteiger partial charge in [-0.2, -0.15) is 9.97 Å². The van der Waals surface area contributed by atoms with Gasteiger partial charge < -0.3 is 4.57 Å². The van der Waals surface area contributed by atoms with Crippen molar-refractivity contribution in [3.63, 3.8) is 0 Å². The van der Waals surface area contributed by atoms with Crippen LogP contribution in [0.1, 0.15) is 12.2 Å². The summed E-state index contributed by atoms with van der Waals surface area (Å²) in [6.07, 6.45) is 3.56. The molecule has 2 rings (SSSR count). The normalized spacial score (nSPS) is 15.2. The molecule has 0 aliphatic carbocycles. The summed E-state index contributed by atoms with van der Waals surface area (Å²) in [6, 6.07) is 0. The maximum Gasteiger partial charge on any atom is 0.370 e. The van der Waals surface area contributed by atoms with Gasteiger partial charge in [0.2, 0.25) is 0 Å². The third-order valence-corrected chi connectivity index (χ3v) is 1.66. The molecule has 0 amide bonds. The van der Waals surface area contributed by atoms with E-state index in [-0.39, 0.29) is 5.69 Å². The summed E-state index contributed by atoms with van der Waals surface area (Å²) in [6.45, 7) is 0.954. The van der Waals surface area contributed by atoms with Crippen molar-refractivity contribution < 1.29 is 0 Å². The van der Waals surface area contributed by atoms with Gasteiger partial charge in [0.15, 0.2) is 0 Å². The Bertz CT molecular complexity index is 304. The lowest BCUT2D eigenvalue weighted by atomic mass is 10.4. The summed E-state index contributed by atoms with van der Waals surface area (Å²) in [5, 5.41) is 0. The molecule has 1 aromatic heterocycles. The van der Waals surface area contributed by atoms with Gasteiger partial charge in [-0.05, 0) is 6.42 Å². The Morgan fingerprint density at radius 1 is 1.60 bits per heavy atom. The van der Waals surface area contributed by atoms with Gasteiger partial charge in [0.25, 0.3) is 0 Å². The summed E-state index contributed by atoms with van der Waals surface area (Å²) >= 11 is 0. The fourth-order valence-electron chi connectivity index (χ4n) is 1.18. The van der Waals surface area contributed by atoms with Gasteiger partial charge in [-0.1, -0.05) is 0 Å². The molecule has 0 bridgehead atoms. The zero-order chi connectivity index (χ0) is 6.97. The van der Waals surface area contributed by atoms with Crippen LogP contribution in [-0.4, -0.2) is 14.5 Å². The summed E-state index contributed by atoms with van der Waals surface area (Å²) in [7, 11) is 0. The number of hydrogen-bond donors (Lipinski definition) is 0. The van der Waals surface area contributed by atoms with Crippen molar-refractivity contribution in [3.8, 4) is 0 Å². The summed E-state index contributed by atoms with van der Waals surface area (Å²) in [5.41, 5.74) is -0.367. The van der Waals surface area contributed by atoms with Gasteiger partial charge in [-0.25, -0.2) is 4.79 Å². The molecule has 2 heterocycles. The predicted molar refractivity (Wildman–Crippen MR) is 34.6 cm³/mol. The SMILES string of the molecule is O=c1ncn2c(n1)CCC2. The first-order valence-corrected chi connectivity index (χ1v) is 3.28. The van der Waals surface area contributed by atoms with Crippen LogP contribution >= 0.6 is 0 Å². The summed E-state index contributed by atoms with van der Waals surface area (Å²) in [4.78, 5) is 17.9. The molecule has 4 nitrogen and oxygen atoms in total. The first-order valence-electron chi connectivity index (χ1n) is 3.28. The highest BCUT2D eigenvalue weighted by molar-refractivity contribution is 4.91. The first-order chi connectivity index (χ1) is 4.86. The number of fused-ring (bicyclic) bond motifs is 1. The molecule has 0 saturated carbocycles. The van der Waals surface area contributed by atoms with E-state index in [2.05, 4.69) is 9.97 Å². The molecule has 52 valence electrons. The average molecular weight is 137 g/mol. The lowest BCUT2D eigenvalue weighted by molar-refractivity contribution is 0.707. The van der Waals surface area contributed by atoms with Gasteiger partial charge in [0.1, 0.15) is 12.2 Å². The molecule has 0 spiro atoms. The Hall–Kier alpha value is -1.19. The van der Waals surface area contributed by atoms with E-state index >= 15 is 0 Å². The smallest absolute Gasteiger partial charge is 0.320 e. The van der Waals surface area contributed by atoms with Crippen molar-refractivity contribution in [3.05, 3.63) is 22.6 Å². The minimum Gasteiger partial charge on any atom is -0.320 e. The van der Waals surface area contributed by atoms with Gasteiger partial charge >= 0.3 is 5.69 Å². The predicted octanol–water partition coefficient (Wildman–Crippen LogP) is -0.415. The van der Waals surface area contributed by atoms with Crippen LogP contribution in [-0.2, 0) is 13.0 Å². The molecular weight excluding hydrogens is 130 g/mol. The number of hydrogen-bond acceptors (Lipinski definition) is 3. The minimum absolute atomic E-state index is 0.367. The van der Waals surface area contributed by atoms with E-state index in [1.165, 1.54) is 0 Å². The lowest BCUT2D eigenvalue weighted by Crippen LogP contribution is -2.15. The van der Waals surface area contributed by atoms with Crippen LogP contribution in [0.5, 0.6) is 0 Å². The van der Waals surface area contributed by atoms with Crippen molar-refractivity contribution in [1.82, 2.24) is 14.5 Å². The molecule has 10 heavy (non-hydrogen) atoms. The highest BCUT2D eigenvalue weighted by Gasteiger charge is 2.09. The van der Waals surface area contributed by atoms with Crippen molar-refractivity contribution in [2.75, 3.05) is 0 Å². The summed E-state index contributed by atoms with van der Waals surface area (Å²) < 4.78 is 1.92. The molecule has 0 saturated heterocycles. The molecular formula is C6H7N3O. The molecule has 0 atom stereocenters. The lowest BCUT2D eigenvalue weighted by Gasteiger charge is -1.96. The maximum absolute atomic E-state index is 10.6. The fourth-order valence-corrected chi connectivity index (χ4v) is 1.18. The van der Waals surface area contributed by atoms with E-state index in [9.17, 15) is 4.79 Å². The Balaban J connectivity index is 2.63. The molecule has 0 N–H and O–H groups in total. The molecule has 1 aliphatic heterocycles. The van der Waals surface area contributed by atoms with E-state index in [1.807, 2.05) is 4.57 Å². The Morgan fingerprint density at radius 3 is 3.40 bits per heavy atom. The van der Waals surface area contributed by atoms with Crippen LogP contribution in [0, 0.1) is 0 Å². The molecule has 0 unspecified atom stereocenters. The van der Waals surface area contributed by atoms with Gasteiger partial charge in [0, 0.05) is 13.0 Å². The number of rotatable bonds is 0. The largest absolute Gasteiger partial charge is 0.370 e. The molecule has 0 aromatic carbocycles. The van der Waals surface area contributed by atoms with Crippen LogP contribution in [0.25, 0.3) is 0 Å². The molecule has 1 aliphatic rings. The van der Waals surface area contributed by atoms with Crippen LogP contribution in [0.4, 0.5) is 0 Å². The average Bonchev–Trinajstić information content (AvgIpc) is 2.33. The van der Waals surface area contributed by atoms with Crippen LogP contribution < -0.4 is 5.69 Å². The molecule has 0 fully saturated rings. The van der Waals surface area contributed by atoms with E-state index in [0.717, 1.165) is 25.2 Å². The standard InChI is InChI=1S/C6H7N3O/c10-6-7-4-9-3-1-2-5(9)8-6/h4H,1-3H2. The Kier molecular flexibility index (Phi) is 1.06. The van der Waals surface area contributed by atoms with E-state index in [1.54, 1.807) is 6.33 Å². The number of aromatic nitrogens is 3.